The van der Waals surface area contributed by atoms with Crippen LogP contribution in [0.4, 0.5) is 5.82 Å². The Morgan fingerprint density at radius 2 is 2.09 bits per heavy atom. The molecule has 0 saturated heterocycles. The highest BCUT2D eigenvalue weighted by molar-refractivity contribution is 6.05. The minimum atomic E-state index is -0.239. The van der Waals surface area contributed by atoms with Gasteiger partial charge >= 0.3 is 0 Å². The van der Waals surface area contributed by atoms with Gasteiger partial charge in [0, 0.05) is 28.7 Å². The number of carbonyl (C=O) groups excluding carboxylic acids is 1. The molecule has 0 aliphatic heterocycles. The number of hydrogen-bond acceptors (Lipinski definition) is 5. The molecule has 2 N–H and O–H groups in total. The third-order valence-corrected chi connectivity index (χ3v) is 3.36. The van der Waals surface area contributed by atoms with E-state index in [9.17, 15) is 4.79 Å². The van der Waals surface area contributed by atoms with E-state index in [0.717, 1.165) is 10.9 Å². The van der Waals surface area contributed by atoms with Crippen molar-refractivity contribution in [2.75, 3.05) is 5.32 Å². The fourth-order valence-electron chi connectivity index (χ4n) is 2.25. The number of carbonyl (C=O) groups is 1. The third kappa shape index (κ3) is 2.53. The first kappa shape index (κ1) is 13.1. The number of rotatable bonds is 3. The first-order valence-electron chi connectivity index (χ1n) is 6.85. The predicted octanol–water partition coefficient (Wildman–Crippen LogP) is 1.79. The van der Waals surface area contributed by atoms with Crippen LogP contribution in [0.15, 0.2) is 55.5 Å². The highest BCUT2D eigenvalue weighted by atomic mass is 16.1. The van der Waals surface area contributed by atoms with Crippen LogP contribution >= 0.6 is 0 Å². The Balaban J connectivity index is 1.59. The number of benzene rings is 1. The van der Waals surface area contributed by atoms with Crippen LogP contribution in [0.2, 0.25) is 0 Å². The molecule has 0 atom stereocenters. The Kier molecular flexibility index (Phi) is 3.05. The van der Waals surface area contributed by atoms with E-state index < -0.39 is 0 Å². The highest BCUT2D eigenvalue weighted by Crippen LogP contribution is 2.16. The lowest BCUT2D eigenvalue weighted by Crippen LogP contribution is -2.13. The molecule has 0 unspecified atom stereocenters. The molecule has 0 bridgehead atoms. The van der Waals surface area contributed by atoms with Gasteiger partial charge in [0.25, 0.3) is 5.91 Å². The molecular weight excluding hydrogens is 294 g/mol. The van der Waals surface area contributed by atoms with Crippen LogP contribution in [0.3, 0.4) is 0 Å². The van der Waals surface area contributed by atoms with Gasteiger partial charge in [-0.2, -0.15) is 5.10 Å². The molecule has 0 radical (unpaired) electrons. The van der Waals surface area contributed by atoms with Crippen LogP contribution < -0.4 is 5.32 Å². The second-order valence-electron chi connectivity index (χ2n) is 4.84. The van der Waals surface area contributed by atoms with Crippen molar-refractivity contribution in [1.29, 1.82) is 0 Å². The van der Waals surface area contributed by atoms with Gasteiger partial charge in [-0.1, -0.05) is 0 Å². The summed E-state index contributed by atoms with van der Waals surface area (Å²) >= 11 is 0. The molecule has 3 aromatic heterocycles. The molecule has 1 amide bonds. The summed E-state index contributed by atoms with van der Waals surface area (Å²) in [5, 5.41) is 7.72. The van der Waals surface area contributed by atoms with Crippen molar-refractivity contribution < 1.29 is 4.79 Å². The minimum absolute atomic E-state index is 0.239. The number of nitrogens with zero attached hydrogens (tertiary/aromatic N) is 5. The average Bonchev–Trinajstić information content (AvgIpc) is 3.26. The molecule has 1 aromatic carbocycles. The summed E-state index contributed by atoms with van der Waals surface area (Å²) in [5.74, 6) is 0.676. The van der Waals surface area contributed by atoms with Crippen LogP contribution in [0.1, 0.15) is 10.4 Å². The zero-order valence-corrected chi connectivity index (χ0v) is 11.8. The van der Waals surface area contributed by atoms with Crippen molar-refractivity contribution in [3.8, 4) is 5.82 Å². The van der Waals surface area contributed by atoms with E-state index >= 15 is 0 Å². The lowest BCUT2D eigenvalue weighted by Gasteiger charge is -2.06. The maximum absolute atomic E-state index is 12.4. The third-order valence-electron chi connectivity index (χ3n) is 3.36. The van der Waals surface area contributed by atoms with Crippen molar-refractivity contribution in [3.05, 3.63) is 61.1 Å². The Morgan fingerprint density at radius 1 is 1.13 bits per heavy atom. The zero-order valence-electron chi connectivity index (χ0n) is 11.8. The summed E-state index contributed by atoms with van der Waals surface area (Å²) in [7, 11) is 0. The second kappa shape index (κ2) is 5.34. The van der Waals surface area contributed by atoms with Gasteiger partial charge in [-0.3, -0.25) is 4.79 Å². The van der Waals surface area contributed by atoms with Gasteiger partial charge in [0.2, 0.25) is 0 Å². The van der Waals surface area contributed by atoms with Crippen LogP contribution in [-0.2, 0) is 0 Å². The second-order valence-corrected chi connectivity index (χ2v) is 4.84. The summed E-state index contributed by atoms with van der Waals surface area (Å²) in [6.07, 6.45) is 6.13. The van der Waals surface area contributed by atoms with Crippen LogP contribution in [0.5, 0.6) is 0 Å². The topological polar surface area (TPSA) is 101 Å². The van der Waals surface area contributed by atoms with Crippen LogP contribution in [-0.4, -0.2) is 35.6 Å². The Labute approximate surface area is 130 Å². The smallest absolute Gasteiger partial charge is 0.256 e. The van der Waals surface area contributed by atoms with Crippen molar-refractivity contribution in [1.82, 2.24) is 29.7 Å². The summed E-state index contributed by atoms with van der Waals surface area (Å²) < 4.78 is 1.49. The van der Waals surface area contributed by atoms with Gasteiger partial charge < -0.3 is 10.3 Å². The van der Waals surface area contributed by atoms with Gasteiger partial charge in [0.15, 0.2) is 5.82 Å². The molecule has 23 heavy (non-hydrogen) atoms. The molecule has 8 heteroatoms. The predicted molar refractivity (Wildman–Crippen MR) is 83.2 cm³/mol. The summed E-state index contributed by atoms with van der Waals surface area (Å²) in [5.41, 5.74) is 1.54. The molecule has 8 nitrogen and oxygen atoms in total. The monoisotopic (exact) mass is 305 g/mol. The Morgan fingerprint density at radius 3 is 2.96 bits per heavy atom. The molecular formula is C15H11N7O. The standard InChI is InChI=1S/C15H11N7O/c23-15(11-1-2-12-10(5-11)3-4-17-12)21-13-6-14(19-8-18-13)22-9-16-7-20-22/h1-9,17H,(H,18,19,21,23). The molecule has 0 aliphatic carbocycles. The molecule has 3 heterocycles. The fourth-order valence-corrected chi connectivity index (χ4v) is 2.25. The molecule has 112 valence electrons. The Bertz CT molecular complexity index is 974. The molecule has 4 rings (SSSR count). The van der Waals surface area contributed by atoms with E-state index in [-0.39, 0.29) is 5.91 Å². The average molecular weight is 305 g/mol. The number of fused-ring (bicyclic) bond motifs is 1. The summed E-state index contributed by atoms with van der Waals surface area (Å²) in [4.78, 5) is 27.5. The number of hydrogen-bond donors (Lipinski definition) is 2. The number of anilines is 1. The Hall–Kier alpha value is -3.55. The van der Waals surface area contributed by atoms with Crippen LogP contribution in [0, 0.1) is 0 Å². The fraction of sp³-hybridized carbons (Fsp3) is 0. The van der Waals surface area contributed by atoms with Crippen LogP contribution in [0.25, 0.3) is 16.7 Å². The normalized spacial score (nSPS) is 10.8. The maximum Gasteiger partial charge on any atom is 0.256 e. The van der Waals surface area contributed by atoms with E-state index in [0.29, 0.717) is 17.2 Å². The van der Waals surface area contributed by atoms with Crippen molar-refractivity contribution in [2.45, 2.75) is 0 Å². The molecule has 0 fully saturated rings. The number of aromatic amines is 1. The van der Waals surface area contributed by atoms with E-state index in [1.54, 1.807) is 12.1 Å². The van der Waals surface area contributed by atoms with E-state index in [2.05, 4.69) is 30.4 Å². The number of H-pyrrole nitrogens is 1. The minimum Gasteiger partial charge on any atom is -0.361 e. The first-order chi connectivity index (χ1) is 11.3. The number of amides is 1. The van der Waals surface area contributed by atoms with Gasteiger partial charge in [-0.05, 0) is 24.3 Å². The van der Waals surface area contributed by atoms with Gasteiger partial charge in [-0.15, -0.1) is 0 Å². The molecule has 4 aromatic rings. The van der Waals surface area contributed by atoms with E-state index in [1.807, 2.05) is 24.4 Å². The van der Waals surface area contributed by atoms with Crippen molar-refractivity contribution in [3.63, 3.8) is 0 Å². The lowest BCUT2D eigenvalue weighted by molar-refractivity contribution is 0.102. The van der Waals surface area contributed by atoms with Crippen molar-refractivity contribution >= 4 is 22.6 Å². The molecule has 0 saturated carbocycles. The zero-order chi connectivity index (χ0) is 15.6. The number of aromatic nitrogens is 6. The highest BCUT2D eigenvalue weighted by Gasteiger charge is 2.09. The quantitative estimate of drug-likeness (QED) is 0.601. The van der Waals surface area contributed by atoms with E-state index in [1.165, 1.54) is 23.7 Å². The van der Waals surface area contributed by atoms with E-state index in [4.69, 9.17) is 0 Å². The van der Waals surface area contributed by atoms with Crippen molar-refractivity contribution in [2.24, 2.45) is 0 Å². The largest absolute Gasteiger partial charge is 0.361 e. The molecule has 0 aliphatic rings. The number of nitrogens with one attached hydrogen (secondary N) is 2. The summed E-state index contributed by atoms with van der Waals surface area (Å²) in [6, 6.07) is 8.99. The SMILES string of the molecule is O=C(Nc1cc(-n2cncn2)ncn1)c1ccc2[nH]ccc2c1. The summed E-state index contributed by atoms with van der Waals surface area (Å²) in [6.45, 7) is 0. The molecule has 0 spiro atoms. The maximum atomic E-state index is 12.4. The van der Waals surface area contributed by atoms with Gasteiger partial charge in [0.05, 0.1) is 0 Å². The van der Waals surface area contributed by atoms with Gasteiger partial charge in [0.1, 0.15) is 24.8 Å². The van der Waals surface area contributed by atoms with Gasteiger partial charge in [-0.25, -0.2) is 19.6 Å². The lowest BCUT2D eigenvalue weighted by atomic mass is 10.1. The first-order valence-corrected chi connectivity index (χ1v) is 6.85.